The van der Waals surface area contributed by atoms with Crippen LogP contribution >= 0.6 is 0 Å². The van der Waals surface area contributed by atoms with Crippen LogP contribution in [0.1, 0.15) is 24.1 Å². The molecule has 172 valence electrons. The van der Waals surface area contributed by atoms with Crippen LogP contribution in [-0.2, 0) is 4.79 Å². The average Bonchev–Trinajstić information content (AvgIpc) is 2.90. The van der Waals surface area contributed by atoms with Crippen molar-refractivity contribution in [3.8, 4) is 5.75 Å². The zero-order chi connectivity index (χ0) is 23.3. The third-order valence-electron chi connectivity index (χ3n) is 6.62. The highest BCUT2D eigenvalue weighted by Crippen LogP contribution is 2.30. The van der Waals surface area contributed by atoms with Crippen molar-refractivity contribution < 1.29 is 9.53 Å². The van der Waals surface area contributed by atoms with Crippen LogP contribution in [0, 0.1) is 0 Å². The first-order valence-corrected chi connectivity index (χ1v) is 12.0. The van der Waals surface area contributed by atoms with Crippen LogP contribution in [-0.4, -0.2) is 48.0 Å². The summed E-state index contributed by atoms with van der Waals surface area (Å²) >= 11 is 0. The molecule has 1 fully saturated rings. The molecular formula is C30H30N2O2. The number of fused-ring (bicyclic) bond motifs is 1. The first kappa shape index (κ1) is 22.2. The van der Waals surface area contributed by atoms with E-state index in [9.17, 15) is 4.79 Å². The molecule has 0 saturated carbocycles. The lowest BCUT2D eigenvalue weighted by Gasteiger charge is -2.40. The standard InChI is InChI=1S/C30H30N2O2/c1-23(34-28-18-10-16-24-11-8-9-17-27(24)28)30(33)32-21-19-31(20-22-32)29(25-12-4-2-5-13-25)26-14-6-3-7-15-26/h2-18,23,29H,19-22H2,1H3/t23-/m1/s1. The van der Waals surface area contributed by atoms with E-state index in [0.717, 1.165) is 29.6 Å². The van der Waals surface area contributed by atoms with E-state index < -0.39 is 6.10 Å². The Bertz CT molecular complexity index is 1190. The summed E-state index contributed by atoms with van der Waals surface area (Å²) in [4.78, 5) is 17.7. The summed E-state index contributed by atoms with van der Waals surface area (Å²) in [5, 5.41) is 2.14. The predicted octanol–water partition coefficient (Wildman–Crippen LogP) is 5.54. The van der Waals surface area contributed by atoms with Crippen molar-refractivity contribution >= 4 is 16.7 Å². The van der Waals surface area contributed by atoms with E-state index in [1.807, 2.05) is 42.2 Å². The van der Waals surface area contributed by atoms with Gasteiger partial charge in [0.1, 0.15) is 5.75 Å². The second-order valence-electron chi connectivity index (χ2n) is 8.82. The number of nitrogens with zero attached hydrogens (tertiary/aromatic N) is 2. The van der Waals surface area contributed by atoms with Crippen molar-refractivity contribution in [2.24, 2.45) is 0 Å². The van der Waals surface area contributed by atoms with Gasteiger partial charge in [0.15, 0.2) is 6.10 Å². The summed E-state index contributed by atoms with van der Waals surface area (Å²) in [6.07, 6.45) is -0.531. The number of piperazine rings is 1. The molecule has 1 amide bonds. The maximum atomic E-state index is 13.2. The van der Waals surface area contributed by atoms with Gasteiger partial charge in [-0.1, -0.05) is 97.1 Å². The Morgan fingerprint density at radius 3 is 1.91 bits per heavy atom. The van der Waals surface area contributed by atoms with E-state index in [1.165, 1.54) is 11.1 Å². The van der Waals surface area contributed by atoms with Gasteiger partial charge in [-0.3, -0.25) is 9.69 Å². The average molecular weight is 451 g/mol. The van der Waals surface area contributed by atoms with Gasteiger partial charge in [0.25, 0.3) is 5.91 Å². The molecule has 5 rings (SSSR count). The quantitative estimate of drug-likeness (QED) is 0.387. The maximum Gasteiger partial charge on any atom is 0.263 e. The SMILES string of the molecule is C[C@@H](Oc1cccc2ccccc12)C(=O)N1CCN(C(c2ccccc2)c2ccccc2)CC1. The molecule has 4 nitrogen and oxygen atoms in total. The van der Waals surface area contributed by atoms with Gasteiger partial charge in [-0.2, -0.15) is 0 Å². The van der Waals surface area contributed by atoms with Crippen LogP contribution in [0.25, 0.3) is 10.8 Å². The Morgan fingerprint density at radius 2 is 1.26 bits per heavy atom. The first-order valence-electron chi connectivity index (χ1n) is 12.0. The van der Waals surface area contributed by atoms with Crippen LogP contribution in [0.2, 0.25) is 0 Å². The Hall–Kier alpha value is -3.63. The fourth-order valence-electron chi connectivity index (χ4n) is 4.88. The molecule has 4 aromatic rings. The van der Waals surface area contributed by atoms with Gasteiger partial charge in [0.05, 0.1) is 6.04 Å². The third kappa shape index (κ3) is 4.68. The molecule has 4 aromatic carbocycles. The molecule has 1 atom stereocenters. The minimum Gasteiger partial charge on any atom is -0.480 e. The number of amides is 1. The molecule has 0 unspecified atom stereocenters. The Morgan fingerprint density at radius 1 is 0.706 bits per heavy atom. The van der Waals surface area contributed by atoms with Gasteiger partial charge < -0.3 is 9.64 Å². The topological polar surface area (TPSA) is 32.8 Å². The molecule has 1 aliphatic rings. The number of benzene rings is 4. The van der Waals surface area contributed by atoms with Gasteiger partial charge in [-0.15, -0.1) is 0 Å². The number of hydrogen-bond donors (Lipinski definition) is 0. The normalized spacial score (nSPS) is 15.4. The molecule has 1 aliphatic heterocycles. The molecule has 34 heavy (non-hydrogen) atoms. The van der Waals surface area contributed by atoms with E-state index in [-0.39, 0.29) is 11.9 Å². The summed E-state index contributed by atoms with van der Waals surface area (Å²) in [5.41, 5.74) is 2.56. The van der Waals surface area contributed by atoms with Crippen molar-refractivity contribution in [2.75, 3.05) is 26.2 Å². The summed E-state index contributed by atoms with van der Waals surface area (Å²) in [6.45, 7) is 4.88. The molecule has 4 heteroatoms. The van der Waals surface area contributed by atoms with E-state index >= 15 is 0 Å². The van der Waals surface area contributed by atoms with E-state index in [1.54, 1.807) is 0 Å². The number of carbonyl (C=O) groups excluding carboxylic acids is 1. The van der Waals surface area contributed by atoms with E-state index in [4.69, 9.17) is 4.74 Å². The van der Waals surface area contributed by atoms with Gasteiger partial charge >= 0.3 is 0 Å². The summed E-state index contributed by atoms with van der Waals surface area (Å²) in [6, 6.07) is 35.5. The Balaban J connectivity index is 1.27. The lowest BCUT2D eigenvalue weighted by Crippen LogP contribution is -2.52. The number of hydrogen-bond acceptors (Lipinski definition) is 3. The summed E-state index contributed by atoms with van der Waals surface area (Å²) in [5.74, 6) is 0.800. The highest BCUT2D eigenvalue weighted by molar-refractivity contribution is 5.89. The number of carbonyl (C=O) groups is 1. The van der Waals surface area contributed by atoms with Crippen LogP contribution in [0.15, 0.2) is 103 Å². The molecule has 0 aliphatic carbocycles. The second-order valence-corrected chi connectivity index (χ2v) is 8.82. The van der Waals surface area contributed by atoms with Gasteiger partial charge in [0.2, 0.25) is 0 Å². The predicted molar refractivity (Wildman–Crippen MR) is 137 cm³/mol. The van der Waals surface area contributed by atoms with Crippen molar-refractivity contribution in [3.63, 3.8) is 0 Å². The van der Waals surface area contributed by atoms with Crippen LogP contribution < -0.4 is 4.74 Å². The van der Waals surface area contributed by atoms with Crippen LogP contribution in [0.3, 0.4) is 0 Å². The summed E-state index contributed by atoms with van der Waals surface area (Å²) < 4.78 is 6.15. The lowest BCUT2D eigenvalue weighted by atomic mass is 9.96. The monoisotopic (exact) mass is 450 g/mol. The number of rotatable bonds is 6. The number of ether oxygens (including phenoxy) is 1. The Labute approximate surface area is 201 Å². The minimum absolute atomic E-state index is 0.0450. The van der Waals surface area contributed by atoms with Crippen LogP contribution in [0.5, 0.6) is 5.75 Å². The Kier molecular flexibility index (Phi) is 6.59. The molecule has 0 aromatic heterocycles. The first-order chi connectivity index (χ1) is 16.7. The molecule has 0 spiro atoms. The zero-order valence-electron chi connectivity index (χ0n) is 19.5. The van der Waals surface area contributed by atoms with E-state index in [2.05, 4.69) is 77.7 Å². The smallest absolute Gasteiger partial charge is 0.263 e. The van der Waals surface area contributed by atoms with Gasteiger partial charge in [0, 0.05) is 31.6 Å². The lowest BCUT2D eigenvalue weighted by molar-refractivity contribution is -0.139. The molecule has 1 heterocycles. The van der Waals surface area contributed by atoms with Crippen LogP contribution in [0.4, 0.5) is 0 Å². The zero-order valence-corrected chi connectivity index (χ0v) is 19.5. The fraction of sp³-hybridized carbons (Fsp3) is 0.233. The molecular weight excluding hydrogens is 420 g/mol. The minimum atomic E-state index is -0.531. The van der Waals surface area contributed by atoms with Gasteiger partial charge in [-0.25, -0.2) is 0 Å². The second kappa shape index (κ2) is 10.1. The maximum absolute atomic E-state index is 13.2. The summed E-state index contributed by atoms with van der Waals surface area (Å²) in [7, 11) is 0. The van der Waals surface area contributed by atoms with E-state index in [0.29, 0.717) is 13.1 Å². The van der Waals surface area contributed by atoms with Crippen molar-refractivity contribution in [1.82, 2.24) is 9.80 Å². The van der Waals surface area contributed by atoms with Crippen molar-refractivity contribution in [3.05, 3.63) is 114 Å². The molecule has 0 N–H and O–H groups in total. The third-order valence-corrected chi connectivity index (χ3v) is 6.62. The van der Waals surface area contributed by atoms with Crippen molar-refractivity contribution in [2.45, 2.75) is 19.1 Å². The highest BCUT2D eigenvalue weighted by atomic mass is 16.5. The van der Waals surface area contributed by atoms with Gasteiger partial charge in [-0.05, 0) is 29.5 Å². The molecule has 0 bridgehead atoms. The largest absolute Gasteiger partial charge is 0.480 e. The molecule has 0 radical (unpaired) electrons. The molecule has 1 saturated heterocycles. The van der Waals surface area contributed by atoms with Crippen molar-refractivity contribution in [1.29, 1.82) is 0 Å². The highest BCUT2D eigenvalue weighted by Gasteiger charge is 2.30. The fourth-order valence-corrected chi connectivity index (χ4v) is 4.88.